The largest absolute Gasteiger partial charge is 0.311 e. The number of rotatable bonds is 6. The van der Waals surface area contributed by atoms with E-state index in [-0.39, 0.29) is 5.91 Å². The highest BCUT2D eigenvalue weighted by atomic mass is 35.5. The number of nitrogens with zero attached hydrogens (tertiary/aromatic N) is 2. The highest BCUT2D eigenvalue weighted by Gasteiger charge is 2.19. The molecule has 1 fully saturated rings. The van der Waals surface area contributed by atoms with Crippen LogP contribution in [-0.2, 0) is 4.79 Å². The van der Waals surface area contributed by atoms with Crippen molar-refractivity contribution in [1.29, 1.82) is 0 Å². The van der Waals surface area contributed by atoms with Crippen molar-refractivity contribution in [2.24, 2.45) is 0 Å². The van der Waals surface area contributed by atoms with Crippen LogP contribution in [-0.4, -0.2) is 40.1 Å². The van der Waals surface area contributed by atoms with Crippen LogP contribution in [0.4, 0.5) is 5.82 Å². The van der Waals surface area contributed by atoms with Gasteiger partial charge in [-0.15, -0.1) is 0 Å². The average molecular weight is 381 g/mol. The van der Waals surface area contributed by atoms with E-state index in [2.05, 4.69) is 27.3 Å². The number of benzene rings is 1. The topological polar surface area (TPSA) is 61.0 Å². The Labute approximate surface area is 157 Å². The van der Waals surface area contributed by atoms with Crippen LogP contribution in [0.2, 0.25) is 10.0 Å². The predicted molar refractivity (Wildman–Crippen MR) is 102 cm³/mol. The van der Waals surface area contributed by atoms with E-state index in [0.717, 1.165) is 25.1 Å². The summed E-state index contributed by atoms with van der Waals surface area (Å²) in [6.45, 7) is 4.37. The van der Waals surface area contributed by atoms with Crippen molar-refractivity contribution < 1.29 is 4.79 Å². The minimum atomic E-state index is -0.00995. The van der Waals surface area contributed by atoms with Gasteiger partial charge in [0, 0.05) is 29.1 Å². The lowest BCUT2D eigenvalue weighted by Gasteiger charge is -2.20. The fourth-order valence-corrected chi connectivity index (χ4v) is 3.71. The average Bonchev–Trinajstić information content (AvgIpc) is 3.17. The zero-order valence-electron chi connectivity index (χ0n) is 14.2. The maximum Gasteiger partial charge on any atom is 0.225 e. The van der Waals surface area contributed by atoms with Crippen LogP contribution >= 0.6 is 23.2 Å². The molecule has 0 unspecified atom stereocenters. The zero-order chi connectivity index (χ0) is 17.8. The van der Waals surface area contributed by atoms with Gasteiger partial charge in [0.1, 0.15) is 5.82 Å². The summed E-state index contributed by atoms with van der Waals surface area (Å²) >= 11 is 12.1. The summed E-state index contributed by atoms with van der Waals surface area (Å²) in [5, 5.41) is 11.0. The third kappa shape index (κ3) is 4.75. The lowest BCUT2D eigenvalue weighted by molar-refractivity contribution is -0.116. The van der Waals surface area contributed by atoms with E-state index in [0.29, 0.717) is 34.0 Å². The Balaban J connectivity index is 1.51. The standard InChI is InChI=1S/C18H22Cl2N4O/c1-12-4-2-8-24(12)9-3-5-18(25)21-17-11-16(22-23-17)14-7-6-13(19)10-15(14)20/h6-7,10-12H,2-5,8-9H2,1H3,(H2,21,22,23,25)/t12-/m1/s1. The number of hydrogen-bond acceptors (Lipinski definition) is 3. The Kier molecular flexibility index (Phi) is 5.99. The van der Waals surface area contributed by atoms with Crippen molar-refractivity contribution in [1.82, 2.24) is 15.1 Å². The summed E-state index contributed by atoms with van der Waals surface area (Å²) in [5.74, 6) is 0.560. The number of halogens is 2. The molecule has 1 atom stereocenters. The molecule has 134 valence electrons. The Hall–Kier alpha value is -1.56. The van der Waals surface area contributed by atoms with E-state index in [1.807, 2.05) is 6.07 Å². The minimum Gasteiger partial charge on any atom is -0.311 e. The van der Waals surface area contributed by atoms with E-state index in [4.69, 9.17) is 23.2 Å². The molecule has 0 saturated carbocycles. The Morgan fingerprint density at radius 1 is 1.40 bits per heavy atom. The zero-order valence-corrected chi connectivity index (χ0v) is 15.7. The number of carbonyl (C=O) groups is 1. The lowest BCUT2D eigenvalue weighted by atomic mass is 10.1. The molecule has 0 radical (unpaired) electrons. The normalized spacial score (nSPS) is 17.8. The van der Waals surface area contributed by atoms with Crippen LogP contribution in [0, 0.1) is 0 Å². The molecule has 0 spiro atoms. The molecule has 2 heterocycles. The fourth-order valence-electron chi connectivity index (χ4n) is 3.20. The molecule has 2 aromatic rings. The first-order valence-corrected chi connectivity index (χ1v) is 9.33. The van der Waals surface area contributed by atoms with E-state index < -0.39 is 0 Å². The highest BCUT2D eigenvalue weighted by molar-refractivity contribution is 6.36. The molecule has 0 aliphatic carbocycles. The maximum absolute atomic E-state index is 12.1. The van der Waals surface area contributed by atoms with E-state index in [9.17, 15) is 4.79 Å². The first kappa shape index (κ1) is 18.2. The molecule has 1 aliphatic heterocycles. The molecule has 2 N–H and O–H groups in total. The third-order valence-electron chi connectivity index (χ3n) is 4.60. The molecular weight excluding hydrogens is 359 g/mol. The SMILES string of the molecule is C[C@@H]1CCCN1CCCC(=O)Nc1cc(-c2ccc(Cl)cc2Cl)n[nH]1. The second-order valence-corrected chi connectivity index (χ2v) is 7.31. The number of amides is 1. The number of carbonyl (C=O) groups excluding carboxylic acids is 1. The van der Waals surface area contributed by atoms with Crippen LogP contribution in [0.25, 0.3) is 11.3 Å². The number of hydrogen-bond donors (Lipinski definition) is 2. The quantitative estimate of drug-likeness (QED) is 0.770. The Morgan fingerprint density at radius 2 is 2.24 bits per heavy atom. The van der Waals surface area contributed by atoms with Gasteiger partial charge in [-0.2, -0.15) is 5.10 Å². The van der Waals surface area contributed by atoms with Crippen molar-refractivity contribution in [2.45, 2.75) is 38.6 Å². The monoisotopic (exact) mass is 380 g/mol. The summed E-state index contributed by atoms with van der Waals surface area (Å²) in [4.78, 5) is 14.6. The number of aromatic amines is 1. The van der Waals surface area contributed by atoms with Crippen molar-refractivity contribution >= 4 is 34.9 Å². The van der Waals surface area contributed by atoms with E-state index in [1.165, 1.54) is 12.8 Å². The summed E-state index contributed by atoms with van der Waals surface area (Å²) in [6.07, 6.45) is 3.88. The first-order valence-electron chi connectivity index (χ1n) is 8.57. The second-order valence-electron chi connectivity index (χ2n) is 6.47. The number of anilines is 1. The summed E-state index contributed by atoms with van der Waals surface area (Å²) < 4.78 is 0. The number of nitrogens with one attached hydrogen (secondary N) is 2. The molecule has 0 bridgehead atoms. The molecular formula is C18H22Cl2N4O. The number of aromatic nitrogens is 2. The molecule has 7 heteroatoms. The van der Waals surface area contributed by atoms with Gasteiger partial charge in [-0.1, -0.05) is 23.2 Å². The van der Waals surface area contributed by atoms with Crippen LogP contribution in [0.15, 0.2) is 24.3 Å². The molecule has 1 amide bonds. The van der Waals surface area contributed by atoms with Crippen LogP contribution in [0.1, 0.15) is 32.6 Å². The summed E-state index contributed by atoms with van der Waals surface area (Å²) in [5.41, 5.74) is 1.44. The number of likely N-dealkylation sites (tertiary alicyclic amines) is 1. The van der Waals surface area contributed by atoms with E-state index in [1.54, 1.807) is 18.2 Å². The highest BCUT2D eigenvalue weighted by Crippen LogP contribution is 2.30. The van der Waals surface area contributed by atoms with Gasteiger partial charge in [-0.3, -0.25) is 9.89 Å². The molecule has 1 saturated heterocycles. The Morgan fingerprint density at radius 3 is 2.96 bits per heavy atom. The first-order chi connectivity index (χ1) is 12.0. The van der Waals surface area contributed by atoms with Crippen LogP contribution < -0.4 is 5.32 Å². The predicted octanol–water partition coefficient (Wildman–Crippen LogP) is 4.59. The molecule has 5 nitrogen and oxygen atoms in total. The summed E-state index contributed by atoms with van der Waals surface area (Å²) in [7, 11) is 0. The van der Waals surface area contributed by atoms with Gasteiger partial charge >= 0.3 is 0 Å². The number of H-pyrrole nitrogens is 1. The van der Waals surface area contributed by atoms with Crippen LogP contribution in [0.3, 0.4) is 0 Å². The molecule has 1 aliphatic rings. The molecule has 1 aromatic heterocycles. The third-order valence-corrected chi connectivity index (χ3v) is 5.15. The molecule has 25 heavy (non-hydrogen) atoms. The van der Waals surface area contributed by atoms with Gasteiger partial charge in [0.25, 0.3) is 0 Å². The van der Waals surface area contributed by atoms with Crippen molar-refractivity contribution in [3.63, 3.8) is 0 Å². The van der Waals surface area contributed by atoms with Crippen LogP contribution in [0.5, 0.6) is 0 Å². The van der Waals surface area contributed by atoms with Gasteiger partial charge in [0.2, 0.25) is 5.91 Å². The smallest absolute Gasteiger partial charge is 0.225 e. The van der Waals surface area contributed by atoms with Crippen molar-refractivity contribution in [3.05, 3.63) is 34.3 Å². The van der Waals surface area contributed by atoms with Gasteiger partial charge < -0.3 is 10.2 Å². The van der Waals surface area contributed by atoms with Gasteiger partial charge in [-0.25, -0.2) is 0 Å². The molecule has 3 rings (SSSR count). The van der Waals surface area contributed by atoms with Gasteiger partial charge in [-0.05, 0) is 57.5 Å². The minimum absolute atomic E-state index is 0.00995. The Bertz CT molecular complexity index is 746. The van der Waals surface area contributed by atoms with Crippen molar-refractivity contribution in [3.8, 4) is 11.3 Å². The van der Waals surface area contributed by atoms with Gasteiger partial charge in [0.15, 0.2) is 0 Å². The second kappa shape index (κ2) is 8.21. The lowest BCUT2D eigenvalue weighted by Crippen LogP contribution is -2.28. The maximum atomic E-state index is 12.1. The molecule has 1 aromatic carbocycles. The summed E-state index contributed by atoms with van der Waals surface area (Å²) in [6, 6.07) is 7.65. The van der Waals surface area contributed by atoms with E-state index >= 15 is 0 Å². The van der Waals surface area contributed by atoms with Crippen molar-refractivity contribution in [2.75, 3.05) is 18.4 Å². The fraction of sp³-hybridized carbons (Fsp3) is 0.444. The van der Waals surface area contributed by atoms with Gasteiger partial charge in [0.05, 0.1) is 10.7 Å².